The number of nitrogens with one attached hydrogen (secondary N) is 3. The van der Waals surface area contributed by atoms with Crippen molar-refractivity contribution in [2.24, 2.45) is 0 Å². The molecule has 3 aromatic rings. The first-order chi connectivity index (χ1) is 14.9. The van der Waals surface area contributed by atoms with Gasteiger partial charge in [-0.2, -0.15) is 0 Å². The fraction of sp³-hybridized carbons (Fsp3) is 0.217. The van der Waals surface area contributed by atoms with Gasteiger partial charge >= 0.3 is 0 Å². The number of aromatic amines is 1. The van der Waals surface area contributed by atoms with Crippen LogP contribution in [0, 0.1) is 13.8 Å². The van der Waals surface area contributed by atoms with Crippen LogP contribution in [-0.4, -0.2) is 27.5 Å². The van der Waals surface area contributed by atoms with Gasteiger partial charge in [-0.1, -0.05) is 48.2 Å². The predicted octanol–water partition coefficient (Wildman–Crippen LogP) is 2.98. The lowest BCUT2D eigenvalue weighted by atomic mass is 10.1. The summed E-state index contributed by atoms with van der Waals surface area (Å²) in [5, 5.41) is 5.95. The normalized spacial score (nSPS) is 10.5. The van der Waals surface area contributed by atoms with Crippen LogP contribution in [0.4, 0.5) is 5.69 Å². The monoisotopic (exact) mass is 436 g/mol. The first-order valence-corrected chi connectivity index (χ1v) is 10.8. The molecule has 1 heterocycles. The number of amides is 2. The molecule has 0 bridgehead atoms. The highest BCUT2D eigenvalue weighted by atomic mass is 32.2. The third-order valence-corrected chi connectivity index (χ3v) is 5.17. The molecule has 7 nitrogen and oxygen atoms in total. The number of hydrogen-bond acceptors (Lipinski definition) is 5. The van der Waals surface area contributed by atoms with E-state index in [0.717, 1.165) is 34.1 Å². The highest BCUT2D eigenvalue weighted by molar-refractivity contribution is 7.99. The minimum atomic E-state index is -0.363. The number of anilines is 1. The largest absolute Gasteiger partial charge is 0.352 e. The highest BCUT2D eigenvalue weighted by Crippen LogP contribution is 2.16. The molecule has 2 amide bonds. The van der Waals surface area contributed by atoms with Crippen LogP contribution in [0.1, 0.15) is 22.4 Å². The summed E-state index contributed by atoms with van der Waals surface area (Å²) >= 11 is 1.11. The zero-order valence-electron chi connectivity index (χ0n) is 17.4. The zero-order chi connectivity index (χ0) is 22.2. The van der Waals surface area contributed by atoms with Gasteiger partial charge in [0.05, 0.1) is 17.9 Å². The van der Waals surface area contributed by atoms with Crippen LogP contribution in [0.2, 0.25) is 0 Å². The number of aryl methyl sites for hydroxylation is 2. The molecule has 0 aliphatic rings. The summed E-state index contributed by atoms with van der Waals surface area (Å²) in [6, 6.07) is 16.7. The van der Waals surface area contributed by atoms with E-state index in [1.54, 1.807) is 0 Å². The molecule has 3 N–H and O–H groups in total. The number of aromatic nitrogens is 2. The van der Waals surface area contributed by atoms with E-state index in [1.165, 1.54) is 6.07 Å². The Labute approximate surface area is 184 Å². The number of benzene rings is 2. The van der Waals surface area contributed by atoms with Crippen LogP contribution in [0.3, 0.4) is 0 Å². The quantitative estimate of drug-likeness (QED) is 0.372. The molecule has 3 rings (SSSR count). The van der Waals surface area contributed by atoms with Gasteiger partial charge in [-0.25, -0.2) is 4.98 Å². The number of H-pyrrole nitrogens is 1. The number of carbonyl (C=O) groups excluding carboxylic acids is 2. The van der Waals surface area contributed by atoms with Crippen LogP contribution in [0.5, 0.6) is 0 Å². The number of rotatable bonds is 8. The van der Waals surface area contributed by atoms with E-state index >= 15 is 0 Å². The molecule has 31 heavy (non-hydrogen) atoms. The number of hydrogen-bond donors (Lipinski definition) is 3. The van der Waals surface area contributed by atoms with E-state index in [0.29, 0.717) is 17.4 Å². The minimum Gasteiger partial charge on any atom is -0.352 e. The molecule has 2 aromatic carbocycles. The molecule has 0 atom stereocenters. The Bertz CT molecular complexity index is 1110. The van der Waals surface area contributed by atoms with Gasteiger partial charge in [-0.05, 0) is 42.7 Å². The second kappa shape index (κ2) is 10.6. The van der Waals surface area contributed by atoms with Crippen molar-refractivity contribution in [2.75, 3.05) is 11.1 Å². The summed E-state index contributed by atoms with van der Waals surface area (Å²) in [7, 11) is 0. The number of nitrogens with zero attached hydrogens (tertiary/aromatic N) is 1. The van der Waals surface area contributed by atoms with Gasteiger partial charge in [0.15, 0.2) is 5.16 Å². The molecule has 0 unspecified atom stereocenters. The molecule has 1 aromatic heterocycles. The highest BCUT2D eigenvalue weighted by Gasteiger charge is 2.10. The fourth-order valence-corrected chi connectivity index (χ4v) is 3.74. The van der Waals surface area contributed by atoms with Gasteiger partial charge in [0.25, 0.3) is 5.56 Å². The van der Waals surface area contributed by atoms with Crippen LogP contribution < -0.4 is 16.2 Å². The molecule has 160 valence electrons. The molecule has 0 aliphatic heterocycles. The van der Waals surface area contributed by atoms with E-state index in [-0.39, 0.29) is 29.5 Å². The Hall–Kier alpha value is -3.39. The molecule has 8 heteroatoms. The molecule has 0 spiro atoms. The summed E-state index contributed by atoms with van der Waals surface area (Å²) in [5.74, 6) is -0.353. The zero-order valence-corrected chi connectivity index (χ0v) is 18.2. The Balaban J connectivity index is 1.54. The number of thioether (sulfide) groups is 1. The average Bonchev–Trinajstić information content (AvgIpc) is 2.70. The summed E-state index contributed by atoms with van der Waals surface area (Å²) in [6.45, 7) is 4.34. The standard InChI is InChI=1S/C23H24N4O3S/c1-15-8-16(2)10-18(9-15)25-22(30)14-31-23-26-19(12-21(29)27-23)11-20(28)24-13-17-6-4-3-5-7-17/h3-10,12H,11,13-14H2,1-2H3,(H,24,28)(H,25,30)(H,26,27,29). The van der Waals surface area contributed by atoms with Crippen molar-refractivity contribution in [1.82, 2.24) is 15.3 Å². The molecule has 0 fully saturated rings. The Morgan fingerprint density at radius 1 is 1.00 bits per heavy atom. The SMILES string of the molecule is Cc1cc(C)cc(NC(=O)CSc2nc(CC(=O)NCc3ccccc3)cc(=O)[nH]2)c1. The van der Waals surface area contributed by atoms with Crippen molar-refractivity contribution in [3.63, 3.8) is 0 Å². The maximum atomic E-state index is 12.3. The van der Waals surface area contributed by atoms with Crippen molar-refractivity contribution >= 4 is 29.3 Å². The van der Waals surface area contributed by atoms with Gasteiger partial charge in [0.1, 0.15) is 0 Å². The molecular weight excluding hydrogens is 412 g/mol. The molecule has 0 aliphatic carbocycles. The summed E-state index contributed by atoms with van der Waals surface area (Å²) in [5.41, 5.74) is 3.83. The average molecular weight is 437 g/mol. The third kappa shape index (κ3) is 7.42. The summed E-state index contributed by atoms with van der Waals surface area (Å²) < 4.78 is 0. The summed E-state index contributed by atoms with van der Waals surface area (Å²) in [4.78, 5) is 43.3. The smallest absolute Gasteiger partial charge is 0.251 e. The van der Waals surface area contributed by atoms with Gasteiger partial charge in [-0.3, -0.25) is 14.4 Å². The van der Waals surface area contributed by atoms with Crippen molar-refractivity contribution < 1.29 is 9.59 Å². The van der Waals surface area contributed by atoms with Gasteiger partial charge in [-0.15, -0.1) is 0 Å². The molecule has 0 saturated carbocycles. The van der Waals surface area contributed by atoms with Gasteiger partial charge in [0, 0.05) is 18.3 Å². The summed E-state index contributed by atoms with van der Waals surface area (Å²) in [6.07, 6.45) is -0.0148. The van der Waals surface area contributed by atoms with Crippen molar-refractivity contribution in [1.29, 1.82) is 0 Å². The Kier molecular flexibility index (Phi) is 7.61. The Morgan fingerprint density at radius 2 is 1.71 bits per heavy atom. The predicted molar refractivity (Wildman–Crippen MR) is 122 cm³/mol. The van der Waals surface area contributed by atoms with Crippen molar-refractivity contribution in [2.45, 2.75) is 32.0 Å². The van der Waals surface area contributed by atoms with Crippen LogP contribution in [-0.2, 0) is 22.6 Å². The lowest BCUT2D eigenvalue weighted by Crippen LogP contribution is -2.26. The van der Waals surface area contributed by atoms with Crippen LogP contribution >= 0.6 is 11.8 Å². The first-order valence-electron chi connectivity index (χ1n) is 9.79. The fourth-order valence-electron chi connectivity index (χ4n) is 3.04. The molecule has 0 radical (unpaired) electrons. The van der Waals surface area contributed by atoms with E-state index in [2.05, 4.69) is 20.6 Å². The van der Waals surface area contributed by atoms with Crippen LogP contribution in [0.15, 0.2) is 64.5 Å². The van der Waals surface area contributed by atoms with Gasteiger partial charge < -0.3 is 15.6 Å². The van der Waals surface area contributed by atoms with E-state index < -0.39 is 0 Å². The van der Waals surface area contributed by atoms with E-state index in [1.807, 2.05) is 62.4 Å². The Morgan fingerprint density at radius 3 is 2.42 bits per heavy atom. The van der Waals surface area contributed by atoms with Crippen LogP contribution in [0.25, 0.3) is 0 Å². The lowest BCUT2D eigenvalue weighted by molar-refractivity contribution is -0.120. The minimum absolute atomic E-state index is 0.0148. The molecule has 0 saturated heterocycles. The first kappa shape index (κ1) is 22.3. The maximum Gasteiger partial charge on any atom is 0.251 e. The number of carbonyl (C=O) groups is 2. The lowest BCUT2D eigenvalue weighted by Gasteiger charge is -2.08. The second-order valence-corrected chi connectivity index (χ2v) is 8.16. The second-order valence-electron chi connectivity index (χ2n) is 7.19. The van der Waals surface area contributed by atoms with Crippen molar-refractivity contribution in [3.05, 3.63) is 87.3 Å². The van der Waals surface area contributed by atoms with Gasteiger partial charge in [0.2, 0.25) is 11.8 Å². The van der Waals surface area contributed by atoms with Crippen molar-refractivity contribution in [3.8, 4) is 0 Å². The topological polar surface area (TPSA) is 104 Å². The van der Waals surface area contributed by atoms with E-state index in [4.69, 9.17) is 0 Å². The molecular formula is C23H24N4O3S. The van der Waals surface area contributed by atoms with E-state index in [9.17, 15) is 14.4 Å². The maximum absolute atomic E-state index is 12.3. The third-order valence-electron chi connectivity index (χ3n) is 4.29.